The number of carbonyl (C=O) groups excluding carboxylic acids is 1. The van der Waals surface area contributed by atoms with Gasteiger partial charge < -0.3 is 10.4 Å². The molecule has 0 aliphatic heterocycles. The fraction of sp³-hybridized carbons (Fsp3) is 0.462. The van der Waals surface area contributed by atoms with Gasteiger partial charge in [0.1, 0.15) is 0 Å². The third kappa shape index (κ3) is 3.68. The Bertz CT molecular complexity index is 423. The van der Waals surface area contributed by atoms with E-state index in [1.54, 1.807) is 0 Å². The average Bonchev–Trinajstić information content (AvgIpc) is 2.31. The van der Waals surface area contributed by atoms with Crippen molar-refractivity contribution >= 4 is 17.5 Å². The number of amides is 1. The van der Waals surface area contributed by atoms with Crippen molar-refractivity contribution in [2.24, 2.45) is 5.92 Å². The molecule has 0 aliphatic carbocycles. The minimum atomic E-state index is -0.719. The van der Waals surface area contributed by atoms with Gasteiger partial charge in [0.05, 0.1) is 10.6 Å². The van der Waals surface area contributed by atoms with Crippen LogP contribution in [0.1, 0.15) is 30.6 Å². The number of benzene rings is 1. The molecule has 100 valence electrons. The summed E-state index contributed by atoms with van der Waals surface area (Å²) in [6.07, 6.45) is 0.436. The standard InChI is InChI=1S/C13H17ClFNO2/c1-8(2)11(6-7-17)16-13(18)9-4-3-5-10(14)12(9)15/h3-5,8,11,17H,6-7H2,1-2H3,(H,16,18). The summed E-state index contributed by atoms with van der Waals surface area (Å²) in [5.41, 5.74) is -0.0777. The monoisotopic (exact) mass is 273 g/mol. The predicted molar refractivity (Wildman–Crippen MR) is 69.2 cm³/mol. The molecule has 0 fully saturated rings. The summed E-state index contributed by atoms with van der Waals surface area (Å²) in [5.74, 6) is -1.08. The smallest absolute Gasteiger partial charge is 0.254 e. The van der Waals surface area contributed by atoms with Crippen molar-refractivity contribution in [3.8, 4) is 0 Å². The molecule has 1 unspecified atom stereocenters. The molecular formula is C13H17ClFNO2. The van der Waals surface area contributed by atoms with Crippen LogP contribution in [-0.4, -0.2) is 23.7 Å². The second kappa shape index (κ2) is 6.71. The summed E-state index contributed by atoms with van der Waals surface area (Å²) in [6.45, 7) is 3.82. The molecule has 0 spiro atoms. The predicted octanol–water partition coefficient (Wildman–Crippen LogP) is 2.62. The maximum absolute atomic E-state index is 13.6. The Labute approximate surface area is 111 Å². The minimum Gasteiger partial charge on any atom is -0.396 e. The van der Waals surface area contributed by atoms with Gasteiger partial charge in [-0.2, -0.15) is 0 Å². The van der Waals surface area contributed by atoms with E-state index in [9.17, 15) is 9.18 Å². The zero-order valence-corrected chi connectivity index (χ0v) is 11.2. The number of carbonyl (C=O) groups is 1. The zero-order chi connectivity index (χ0) is 13.7. The number of halogens is 2. The van der Waals surface area contributed by atoms with Crippen LogP contribution < -0.4 is 5.32 Å². The second-order valence-corrected chi connectivity index (χ2v) is 4.84. The fourth-order valence-corrected chi connectivity index (χ4v) is 1.81. The van der Waals surface area contributed by atoms with Crippen molar-refractivity contribution in [1.29, 1.82) is 0 Å². The number of hydrogen-bond donors (Lipinski definition) is 2. The highest BCUT2D eigenvalue weighted by Gasteiger charge is 2.19. The maximum Gasteiger partial charge on any atom is 0.254 e. The van der Waals surface area contributed by atoms with Gasteiger partial charge in [-0.15, -0.1) is 0 Å². The molecule has 0 saturated heterocycles. The zero-order valence-electron chi connectivity index (χ0n) is 10.4. The van der Waals surface area contributed by atoms with Crippen molar-refractivity contribution in [2.75, 3.05) is 6.61 Å². The number of hydrogen-bond acceptors (Lipinski definition) is 2. The van der Waals surface area contributed by atoms with Gasteiger partial charge in [0.2, 0.25) is 0 Å². The Morgan fingerprint density at radius 2 is 2.17 bits per heavy atom. The molecule has 1 aromatic rings. The van der Waals surface area contributed by atoms with Crippen LogP contribution in [-0.2, 0) is 0 Å². The first kappa shape index (κ1) is 14.9. The molecule has 1 rings (SSSR count). The van der Waals surface area contributed by atoms with Gasteiger partial charge in [0.25, 0.3) is 5.91 Å². The van der Waals surface area contributed by atoms with E-state index in [2.05, 4.69) is 5.32 Å². The lowest BCUT2D eigenvalue weighted by molar-refractivity contribution is 0.0912. The van der Waals surface area contributed by atoms with Gasteiger partial charge in [0.15, 0.2) is 5.82 Å². The molecule has 1 atom stereocenters. The summed E-state index contributed by atoms with van der Waals surface area (Å²) in [4.78, 5) is 11.9. The van der Waals surface area contributed by atoms with Crippen LogP contribution in [0, 0.1) is 11.7 Å². The third-order valence-corrected chi connectivity index (χ3v) is 3.05. The van der Waals surface area contributed by atoms with E-state index in [0.29, 0.717) is 6.42 Å². The molecule has 3 nitrogen and oxygen atoms in total. The van der Waals surface area contributed by atoms with Crippen LogP contribution >= 0.6 is 11.6 Å². The molecule has 0 heterocycles. The first-order chi connectivity index (χ1) is 8.47. The van der Waals surface area contributed by atoms with Crippen molar-refractivity contribution < 1.29 is 14.3 Å². The quantitative estimate of drug-likeness (QED) is 0.866. The highest BCUT2D eigenvalue weighted by molar-refractivity contribution is 6.31. The van der Waals surface area contributed by atoms with Crippen molar-refractivity contribution in [3.05, 3.63) is 34.6 Å². The molecular weight excluding hydrogens is 257 g/mol. The van der Waals surface area contributed by atoms with Crippen molar-refractivity contribution in [3.63, 3.8) is 0 Å². The number of aliphatic hydroxyl groups excluding tert-OH is 1. The fourth-order valence-electron chi connectivity index (χ4n) is 1.64. The van der Waals surface area contributed by atoms with E-state index in [-0.39, 0.29) is 29.2 Å². The summed E-state index contributed by atoms with van der Waals surface area (Å²) in [6, 6.07) is 4.10. The van der Waals surface area contributed by atoms with Crippen LogP contribution in [0.4, 0.5) is 4.39 Å². The number of nitrogens with one attached hydrogen (secondary N) is 1. The van der Waals surface area contributed by atoms with Gasteiger partial charge in [-0.25, -0.2) is 4.39 Å². The van der Waals surface area contributed by atoms with Crippen LogP contribution in [0.2, 0.25) is 5.02 Å². The van der Waals surface area contributed by atoms with E-state index >= 15 is 0 Å². The molecule has 1 amide bonds. The lowest BCUT2D eigenvalue weighted by Gasteiger charge is -2.21. The molecule has 0 aliphatic rings. The van der Waals surface area contributed by atoms with Gasteiger partial charge in [-0.05, 0) is 24.5 Å². The Hall–Kier alpha value is -1.13. The second-order valence-electron chi connectivity index (χ2n) is 4.44. The summed E-state index contributed by atoms with van der Waals surface area (Å²) in [7, 11) is 0. The highest BCUT2D eigenvalue weighted by atomic mass is 35.5. The molecule has 0 saturated carbocycles. The first-order valence-corrected chi connectivity index (χ1v) is 6.21. The van der Waals surface area contributed by atoms with Gasteiger partial charge in [-0.3, -0.25) is 4.79 Å². The maximum atomic E-state index is 13.6. The average molecular weight is 274 g/mol. The van der Waals surface area contributed by atoms with Gasteiger partial charge >= 0.3 is 0 Å². The largest absolute Gasteiger partial charge is 0.396 e. The van der Waals surface area contributed by atoms with E-state index in [1.807, 2.05) is 13.8 Å². The number of aliphatic hydroxyl groups is 1. The number of rotatable bonds is 5. The lowest BCUT2D eigenvalue weighted by atomic mass is 10.0. The van der Waals surface area contributed by atoms with E-state index in [1.165, 1.54) is 18.2 Å². The van der Waals surface area contributed by atoms with Gasteiger partial charge in [-0.1, -0.05) is 31.5 Å². The van der Waals surface area contributed by atoms with Crippen molar-refractivity contribution in [2.45, 2.75) is 26.3 Å². The van der Waals surface area contributed by atoms with E-state index < -0.39 is 11.7 Å². The molecule has 0 bridgehead atoms. The molecule has 1 aromatic carbocycles. The third-order valence-electron chi connectivity index (χ3n) is 2.76. The first-order valence-electron chi connectivity index (χ1n) is 5.83. The Balaban J connectivity index is 2.84. The molecule has 5 heteroatoms. The minimum absolute atomic E-state index is 0.0266. The highest BCUT2D eigenvalue weighted by Crippen LogP contribution is 2.18. The van der Waals surface area contributed by atoms with Crippen LogP contribution in [0.3, 0.4) is 0 Å². The normalized spacial score (nSPS) is 12.6. The summed E-state index contributed by atoms with van der Waals surface area (Å²) in [5, 5.41) is 11.5. The molecule has 0 radical (unpaired) electrons. The SMILES string of the molecule is CC(C)C(CCO)NC(=O)c1cccc(Cl)c1F. The van der Waals surface area contributed by atoms with Gasteiger partial charge in [0, 0.05) is 12.6 Å². The Morgan fingerprint density at radius 3 is 2.72 bits per heavy atom. The van der Waals surface area contributed by atoms with Crippen LogP contribution in [0.5, 0.6) is 0 Å². The Morgan fingerprint density at radius 1 is 1.50 bits per heavy atom. The lowest BCUT2D eigenvalue weighted by Crippen LogP contribution is -2.39. The van der Waals surface area contributed by atoms with Crippen LogP contribution in [0.15, 0.2) is 18.2 Å². The Kier molecular flexibility index (Phi) is 5.56. The van der Waals surface area contributed by atoms with E-state index in [4.69, 9.17) is 16.7 Å². The molecule has 18 heavy (non-hydrogen) atoms. The summed E-state index contributed by atoms with van der Waals surface area (Å²) < 4.78 is 13.6. The van der Waals surface area contributed by atoms with E-state index in [0.717, 1.165) is 0 Å². The topological polar surface area (TPSA) is 49.3 Å². The molecule has 2 N–H and O–H groups in total. The van der Waals surface area contributed by atoms with Crippen LogP contribution in [0.25, 0.3) is 0 Å². The van der Waals surface area contributed by atoms with Crippen molar-refractivity contribution in [1.82, 2.24) is 5.32 Å². The summed E-state index contributed by atoms with van der Waals surface area (Å²) >= 11 is 5.62. The molecule has 0 aromatic heterocycles.